The van der Waals surface area contributed by atoms with E-state index in [0.717, 1.165) is 16.3 Å². The van der Waals surface area contributed by atoms with Crippen LogP contribution < -0.4 is 9.47 Å². The van der Waals surface area contributed by atoms with E-state index >= 15 is 0 Å². The molecule has 1 N–H and O–H groups in total. The number of aromatic nitrogens is 3. The zero-order valence-corrected chi connectivity index (χ0v) is 19.3. The Morgan fingerprint density at radius 2 is 1.71 bits per heavy atom. The van der Waals surface area contributed by atoms with Crippen molar-refractivity contribution < 1.29 is 19.4 Å². The number of rotatable bonds is 7. The van der Waals surface area contributed by atoms with E-state index in [0.29, 0.717) is 40.9 Å². The Balaban J connectivity index is 1.59. The van der Waals surface area contributed by atoms with E-state index in [-0.39, 0.29) is 5.69 Å². The van der Waals surface area contributed by atoms with Gasteiger partial charge in [-0.15, -0.1) is 0 Å². The zero-order valence-electron chi connectivity index (χ0n) is 19.3. The molecule has 0 fully saturated rings. The second-order valence-electron chi connectivity index (χ2n) is 8.06. The van der Waals surface area contributed by atoms with Crippen LogP contribution in [0.2, 0.25) is 0 Å². The summed E-state index contributed by atoms with van der Waals surface area (Å²) in [5, 5.41) is 12.1. The van der Waals surface area contributed by atoms with E-state index < -0.39 is 5.97 Å². The molecule has 0 spiro atoms. The minimum Gasteiger partial charge on any atom is -0.493 e. The molecule has 2 aromatic heterocycles. The van der Waals surface area contributed by atoms with Gasteiger partial charge in [-0.1, -0.05) is 54.6 Å². The SMILES string of the molecule is COc1ccccc1Oc1cncc(-c2nc(C)c(C(=O)O)n2Cc2cccc3ccccc23)c1. The number of hydrogen-bond acceptors (Lipinski definition) is 5. The maximum absolute atomic E-state index is 12.2. The minimum absolute atomic E-state index is 0.143. The minimum atomic E-state index is -1.03. The largest absolute Gasteiger partial charge is 0.493 e. The number of imidazole rings is 1. The van der Waals surface area contributed by atoms with Gasteiger partial charge in [-0.3, -0.25) is 4.98 Å². The van der Waals surface area contributed by atoms with Crippen molar-refractivity contribution in [2.24, 2.45) is 0 Å². The summed E-state index contributed by atoms with van der Waals surface area (Å²) in [5.41, 5.74) is 2.22. The van der Waals surface area contributed by atoms with Crippen LogP contribution in [-0.4, -0.2) is 32.7 Å². The van der Waals surface area contributed by atoms with Crippen LogP contribution in [0, 0.1) is 6.92 Å². The fraction of sp³-hybridized carbons (Fsp3) is 0.107. The number of para-hydroxylation sites is 2. The molecule has 0 unspecified atom stereocenters. The number of carboxylic acid groups (broad SMARTS) is 1. The molecule has 5 aromatic rings. The summed E-state index contributed by atoms with van der Waals surface area (Å²) in [4.78, 5) is 21.2. The number of pyridine rings is 1. The Morgan fingerprint density at radius 3 is 2.51 bits per heavy atom. The summed E-state index contributed by atoms with van der Waals surface area (Å²) in [7, 11) is 1.58. The Kier molecular flexibility index (Phi) is 5.89. The molecule has 2 heterocycles. The number of fused-ring (bicyclic) bond motifs is 1. The van der Waals surface area contributed by atoms with Gasteiger partial charge in [0.05, 0.1) is 25.5 Å². The first kappa shape index (κ1) is 22.2. The molecular formula is C28H23N3O4. The van der Waals surface area contributed by atoms with E-state index in [4.69, 9.17) is 9.47 Å². The van der Waals surface area contributed by atoms with Gasteiger partial charge in [0.1, 0.15) is 11.6 Å². The first-order chi connectivity index (χ1) is 17.0. The number of carboxylic acids is 1. The van der Waals surface area contributed by atoms with Gasteiger partial charge in [0.15, 0.2) is 17.2 Å². The van der Waals surface area contributed by atoms with Crippen molar-refractivity contribution in [1.82, 2.24) is 14.5 Å². The van der Waals surface area contributed by atoms with Gasteiger partial charge in [0.2, 0.25) is 0 Å². The van der Waals surface area contributed by atoms with Gasteiger partial charge in [-0.2, -0.15) is 0 Å². The van der Waals surface area contributed by atoms with Crippen LogP contribution in [-0.2, 0) is 6.54 Å². The molecular weight excluding hydrogens is 442 g/mol. The van der Waals surface area contributed by atoms with Crippen molar-refractivity contribution >= 4 is 16.7 Å². The number of carbonyl (C=O) groups is 1. The van der Waals surface area contributed by atoms with Crippen molar-refractivity contribution in [3.8, 4) is 28.6 Å². The molecule has 0 saturated heterocycles. The van der Waals surface area contributed by atoms with Crippen molar-refractivity contribution in [1.29, 1.82) is 0 Å². The number of methoxy groups -OCH3 is 1. The van der Waals surface area contributed by atoms with Crippen LogP contribution in [0.4, 0.5) is 0 Å². The summed E-state index contributed by atoms with van der Waals surface area (Å²) in [6, 6.07) is 23.2. The highest BCUT2D eigenvalue weighted by Gasteiger charge is 2.22. The van der Waals surface area contributed by atoms with E-state index in [9.17, 15) is 9.90 Å². The summed E-state index contributed by atoms with van der Waals surface area (Å²) >= 11 is 0. The first-order valence-electron chi connectivity index (χ1n) is 11.1. The molecule has 35 heavy (non-hydrogen) atoms. The van der Waals surface area contributed by atoms with E-state index in [1.165, 1.54) is 0 Å². The third-order valence-electron chi connectivity index (χ3n) is 5.82. The smallest absolute Gasteiger partial charge is 0.354 e. The van der Waals surface area contributed by atoms with Crippen LogP contribution in [0.5, 0.6) is 17.2 Å². The number of ether oxygens (including phenoxy) is 2. The highest BCUT2D eigenvalue weighted by atomic mass is 16.5. The second kappa shape index (κ2) is 9.30. The van der Waals surface area contributed by atoms with Crippen LogP contribution >= 0.6 is 0 Å². The fourth-order valence-electron chi connectivity index (χ4n) is 4.25. The molecule has 3 aromatic carbocycles. The molecule has 0 saturated carbocycles. The summed E-state index contributed by atoms with van der Waals surface area (Å²) in [6.07, 6.45) is 3.25. The van der Waals surface area contributed by atoms with E-state index in [1.807, 2.05) is 60.7 Å². The first-order valence-corrected chi connectivity index (χ1v) is 11.1. The molecule has 0 aliphatic rings. The number of nitrogens with zero attached hydrogens (tertiary/aromatic N) is 3. The van der Waals surface area contributed by atoms with Crippen LogP contribution in [0.3, 0.4) is 0 Å². The molecule has 5 rings (SSSR count). The Bertz CT molecular complexity index is 1540. The quantitative estimate of drug-likeness (QED) is 0.319. The average Bonchev–Trinajstić information content (AvgIpc) is 3.20. The van der Waals surface area contributed by atoms with E-state index in [2.05, 4.69) is 9.97 Å². The van der Waals surface area contributed by atoms with Gasteiger partial charge in [0.25, 0.3) is 0 Å². The summed E-state index contributed by atoms with van der Waals surface area (Å²) in [6.45, 7) is 2.05. The fourth-order valence-corrected chi connectivity index (χ4v) is 4.25. The number of hydrogen-bond donors (Lipinski definition) is 1. The molecule has 0 bridgehead atoms. The lowest BCUT2D eigenvalue weighted by Crippen LogP contribution is -2.12. The van der Waals surface area contributed by atoms with Crippen molar-refractivity contribution in [3.63, 3.8) is 0 Å². The molecule has 0 aliphatic carbocycles. The van der Waals surface area contributed by atoms with Crippen molar-refractivity contribution in [2.75, 3.05) is 7.11 Å². The maximum Gasteiger partial charge on any atom is 0.354 e. The molecule has 0 aliphatic heterocycles. The third-order valence-corrected chi connectivity index (χ3v) is 5.82. The number of benzene rings is 3. The Morgan fingerprint density at radius 1 is 0.971 bits per heavy atom. The molecule has 0 atom stereocenters. The summed E-state index contributed by atoms with van der Waals surface area (Å²) < 4.78 is 13.1. The van der Waals surface area contributed by atoms with E-state index in [1.54, 1.807) is 43.1 Å². The van der Waals surface area contributed by atoms with Gasteiger partial charge in [-0.05, 0) is 41.5 Å². The lowest BCUT2D eigenvalue weighted by molar-refractivity contribution is 0.0685. The van der Waals surface area contributed by atoms with Crippen LogP contribution in [0.15, 0.2) is 85.2 Å². The Labute approximate surface area is 202 Å². The highest BCUT2D eigenvalue weighted by Crippen LogP contribution is 2.33. The standard InChI is InChI=1S/C28H23N3O4/c1-18-26(28(32)33)31(17-20-10-7-9-19-8-3-4-11-23(19)20)27(30-18)21-14-22(16-29-15-21)35-25-13-6-5-12-24(25)34-2/h3-16H,17H2,1-2H3,(H,32,33). The lowest BCUT2D eigenvalue weighted by atomic mass is 10.0. The molecule has 7 heteroatoms. The zero-order chi connectivity index (χ0) is 24.4. The van der Waals surface area contributed by atoms with Crippen molar-refractivity contribution in [3.05, 3.63) is 102 Å². The Hall–Kier alpha value is -4.65. The van der Waals surface area contributed by atoms with Gasteiger partial charge < -0.3 is 19.1 Å². The number of aromatic carboxylic acids is 1. The van der Waals surface area contributed by atoms with Gasteiger partial charge in [-0.25, -0.2) is 9.78 Å². The van der Waals surface area contributed by atoms with Crippen molar-refractivity contribution in [2.45, 2.75) is 13.5 Å². The average molecular weight is 466 g/mol. The molecule has 174 valence electrons. The maximum atomic E-state index is 12.2. The predicted molar refractivity (Wildman–Crippen MR) is 133 cm³/mol. The second-order valence-corrected chi connectivity index (χ2v) is 8.06. The lowest BCUT2D eigenvalue weighted by Gasteiger charge is -2.14. The molecule has 7 nitrogen and oxygen atoms in total. The monoisotopic (exact) mass is 465 g/mol. The predicted octanol–water partition coefficient (Wildman–Crippen LogP) is 5.95. The summed E-state index contributed by atoms with van der Waals surface area (Å²) in [5.74, 6) is 1.11. The van der Waals surface area contributed by atoms with Crippen LogP contribution in [0.1, 0.15) is 21.7 Å². The topological polar surface area (TPSA) is 86.5 Å². The van der Waals surface area contributed by atoms with Gasteiger partial charge in [0, 0.05) is 11.8 Å². The molecule has 0 amide bonds. The number of aryl methyl sites for hydroxylation is 1. The van der Waals surface area contributed by atoms with Gasteiger partial charge >= 0.3 is 5.97 Å². The third kappa shape index (κ3) is 4.31. The van der Waals surface area contributed by atoms with Crippen LogP contribution in [0.25, 0.3) is 22.2 Å². The normalized spacial score (nSPS) is 10.9. The highest BCUT2D eigenvalue weighted by molar-refractivity contribution is 5.89. The molecule has 0 radical (unpaired) electrons.